The first-order valence-corrected chi connectivity index (χ1v) is 8.44. The summed E-state index contributed by atoms with van der Waals surface area (Å²) in [6.07, 6.45) is 1.92. The lowest BCUT2D eigenvalue weighted by Crippen LogP contribution is -2.20. The summed E-state index contributed by atoms with van der Waals surface area (Å²) in [5.74, 6) is -2.25. The molecule has 0 saturated heterocycles. The molecule has 0 atom stereocenters. The Morgan fingerprint density at radius 1 is 1.17 bits per heavy atom. The highest BCUT2D eigenvalue weighted by Crippen LogP contribution is 2.16. The van der Waals surface area contributed by atoms with Crippen LogP contribution in [0.5, 0.6) is 0 Å². The number of furan rings is 1. The van der Waals surface area contributed by atoms with Gasteiger partial charge in [-0.1, -0.05) is 0 Å². The Labute approximate surface area is 165 Å². The summed E-state index contributed by atoms with van der Waals surface area (Å²) in [6, 6.07) is 8.48. The highest BCUT2D eigenvalue weighted by molar-refractivity contribution is 5.95. The predicted molar refractivity (Wildman–Crippen MR) is 101 cm³/mol. The highest BCUT2D eigenvalue weighted by Gasteiger charge is 2.12. The molecule has 29 heavy (non-hydrogen) atoms. The summed E-state index contributed by atoms with van der Waals surface area (Å²) in [5, 5.41) is 13.0. The number of carbonyl (C=O) groups excluding carboxylic acids is 3. The maximum atomic E-state index is 11.8. The van der Waals surface area contributed by atoms with Crippen molar-refractivity contribution in [1.29, 1.82) is 0 Å². The Kier molecular flexibility index (Phi) is 7.24. The molecule has 1 aromatic carbocycles. The van der Waals surface area contributed by atoms with Gasteiger partial charge in [0.25, 0.3) is 5.91 Å². The Bertz CT molecular complexity index is 928. The third kappa shape index (κ3) is 6.94. The van der Waals surface area contributed by atoms with Gasteiger partial charge in [-0.05, 0) is 50.3 Å². The van der Waals surface area contributed by atoms with Gasteiger partial charge in [0.2, 0.25) is 0 Å². The van der Waals surface area contributed by atoms with Crippen LogP contribution in [0.2, 0.25) is 0 Å². The van der Waals surface area contributed by atoms with Gasteiger partial charge in [-0.15, -0.1) is 0 Å². The Morgan fingerprint density at radius 2 is 1.86 bits per heavy atom. The van der Waals surface area contributed by atoms with Gasteiger partial charge in [0.1, 0.15) is 10.7 Å². The molecule has 0 aliphatic carbocycles. The quantitative estimate of drug-likeness (QED) is 0.308. The van der Waals surface area contributed by atoms with Crippen LogP contribution in [0.1, 0.15) is 30.0 Å². The second-order valence-electron chi connectivity index (χ2n) is 5.95. The molecule has 2 aromatic rings. The van der Waals surface area contributed by atoms with Crippen LogP contribution in [-0.4, -0.2) is 35.5 Å². The summed E-state index contributed by atoms with van der Waals surface area (Å²) in [6.45, 7) is 2.93. The van der Waals surface area contributed by atoms with Gasteiger partial charge in [0.15, 0.2) is 6.61 Å². The molecule has 1 amide bonds. The van der Waals surface area contributed by atoms with Gasteiger partial charge < -0.3 is 19.2 Å². The number of benzene rings is 1. The third-order valence-electron chi connectivity index (χ3n) is 3.27. The molecule has 10 nitrogen and oxygen atoms in total. The Balaban J connectivity index is 1.80. The van der Waals surface area contributed by atoms with E-state index in [4.69, 9.17) is 13.9 Å². The first-order valence-electron chi connectivity index (χ1n) is 8.44. The predicted octanol–water partition coefficient (Wildman–Crippen LogP) is 2.95. The molecule has 2 rings (SSSR count). The molecule has 0 bridgehead atoms. The van der Waals surface area contributed by atoms with E-state index in [9.17, 15) is 24.5 Å². The normalized spacial score (nSPS) is 10.7. The topological polar surface area (TPSA) is 138 Å². The van der Waals surface area contributed by atoms with Gasteiger partial charge >= 0.3 is 17.8 Å². The van der Waals surface area contributed by atoms with Crippen LogP contribution < -0.4 is 5.32 Å². The fourth-order valence-corrected chi connectivity index (χ4v) is 2.03. The molecule has 0 fully saturated rings. The van der Waals surface area contributed by atoms with Crippen molar-refractivity contribution in [1.82, 2.24) is 0 Å². The fourth-order valence-electron chi connectivity index (χ4n) is 2.03. The number of anilines is 1. The van der Waals surface area contributed by atoms with E-state index in [0.717, 1.165) is 12.1 Å². The van der Waals surface area contributed by atoms with E-state index in [0.29, 0.717) is 11.3 Å². The minimum atomic E-state index is -0.828. The molecule has 1 aromatic heterocycles. The number of carbonyl (C=O) groups is 3. The lowest BCUT2D eigenvalue weighted by molar-refractivity contribution is -0.402. The van der Waals surface area contributed by atoms with Crippen LogP contribution in [0.15, 0.2) is 46.9 Å². The number of nitrogens with zero attached hydrogens (tertiary/aromatic N) is 1. The third-order valence-corrected chi connectivity index (χ3v) is 3.27. The number of hydrogen-bond acceptors (Lipinski definition) is 8. The zero-order valence-corrected chi connectivity index (χ0v) is 15.6. The van der Waals surface area contributed by atoms with Crippen molar-refractivity contribution in [2.75, 3.05) is 11.9 Å². The molecular formula is C19H18N2O8. The van der Waals surface area contributed by atoms with E-state index < -0.39 is 35.3 Å². The van der Waals surface area contributed by atoms with Crippen LogP contribution >= 0.6 is 0 Å². The number of rotatable bonds is 8. The molecule has 1 N–H and O–H groups in total. The smallest absolute Gasteiger partial charge is 0.433 e. The Morgan fingerprint density at radius 3 is 2.45 bits per heavy atom. The van der Waals surface area contributed by atoms with E-state index in [2.05, 4.69) is 5.32 Å². The Hall–Kier alpha value is -3.95. The van der Waals surface area contributed by atoms with E-state index in [1.165, 1.54) is 36.4 Å². The van der Waals surface area contributed by atoms with Crippen molar-refractivity contribution in [2.45, 2.75) is 20.0 Å². The van der Waals surface area contributed by atoms with Gasteiger partial charge in [-0.3, -0.25) is 14.9 Å². The van der Waals surface area contributed by atoms with Crippen LogP contribution in [-0.2, 0) is 19.1 Å². The zero-order chi connectivity index (χ0) is 21.4. The van der Waals surface area contributed by atoms with Crippen molar-refractivity contribution in [3.05, 3.63) is 63.9 Å². The second kappa shape index (κ2) is 9.83. The first kappa shape index (κ1) is 21.4. The van der Waals surface area contributed by atoms with Crippen molar-refractivity contribution in [3.8, 4) is 0 Å². The molecule has 0 unspecified atom stereocenters. The first-order chi connectivity index (χ1) is 13.7. The van der Waals surface area contributed by atoms with E-state index >= 15 is 0 Å². The number of nitrogens with one attached hydrogen (secondary N) is 1. The molecular weight excluding hydrogens is 384 g/mol. The molecule has 0 spiro atoms. The standard InChI is InChI=1S/C19H18N2O8/c1-12(2)28-19(24)13-3-5-14(6-4-13)20-16(22)11-27-18(23)10-8-15-7-9-17(29-15)21(25)26/h3-10,12H,11H2,1-2H3,(H,20,22)/b10-8+. The van der Waals surface area contributed by atoms with Gasteiger partial charge in [-0.2, -0.15) is 0 Å². The lowest BCUT2D eigenvalue weighted by atomic mass is 10.2. The highest BCUT2D eigenvalue weighted by atomic mass is 16.6. The molecule has 152 valence electrons. The number of ether oxygens (including phenoxy) is 2. The minimum Gasteiger partial charge on any atom is -0.459 e. The van der Waals surface area contributed by atoms with Crippen molar-refractivity contribution in [3.63, 3.8) is 0 Å². The lowest BCUT2D eigenvalue weighted by Gasteiger charge is -2.09. The van der Waals surface area contributed by atoms with Gasteiger partial charge in [-0.25, -0.2) is 9.59 Å². The maximum Gasteiger partial charge on any atom is 0.433 e. The van der Waals surface area contributed by atoms with Crippen molar-refractivity contribution in [2.24, 2.45) is 0 Å². The molecule has 1 heterocycles. The number of nitro groups is 1. The van der Waals surface area contributed by atoms with Gasteiger partial charge in [0.05, 0.1) is 17.7 Å². The van der Waals surface area contributed by atoms with Crippen LogP contribution in [0.4, 0.5) is 11.6 Å². The minimum absolute atomic E-state index is 0.0918. The van der Waals surface area contributed by atoms with E-state index in [1.54, 1.807) is 13.8 Å². The number of hydrogen-bond donors (Lipinski definition) is 1. The molecule has 0 aliphatic heterocycles. The molecule has 10 heteroatoms. The number of esters is 2. The number of amides is 1. The molecule has 0 radical (unpaired) electrons. The van der Waals surface area contributed by atoms with Crippen LogP contribution in [0.25, 0.3) is 6.08 Å². The maximum absolute atomic E-state index is 11.8. The molecule has 0 aliphatic rings. The van der Waals surface area contributed by atoms with Crippen molar-refractivity contribution >= 4 is 35.5 Å². The largest absolute Gasteiger partial charge is 0.459 e. The average molecular weight is 402 g/mol. The fraction of sp³-hybridized carbons (Fsp3) is 0.211. The molecule has 0 saturated carbocycles. The summed E-state index contributed by atoms with van der Waals surface area (Å²) in [4.78, 5) is 45.0. The van der Waals surface area contributed by atoms with E-state index in [1.807, 2.05) is 0 Å². The zero-order valence-electron chi connectivity index (χ0n) is 15.6. The van der Waals surface area contributed by atoms with Crippen molar-refractivity contribution < 1.29 is 33.2 Å². The monoisotopic (exact) mass is 402 g/mol. The van der Waals surface area contributed by atoms with Crippen LogP contribution in [0.3, 0.4) is 0 Å². The van der Waals surface area contributed by atoms with E-state index in [-0.39, 0.29) is 11.9 Å². The van der Waals surface area contributed by atoms with Gasteiger partial charge in [0, 0.05) is 11.8 Å². The second-order valence-corrected chi connectivity index (χ2v) is 5.95. The average Bonchev–Trinajstić information content (AvgIpc) is 3.14. The summed E-state index contributed by atoms with van der Waals surface area (Å²) >= 11 is 0. The summed E-state index contributed by atoms with van der Waals surface area (Å²) < 4.78 is 14.7. The van der Waals surface area contributed by atoms with Crippen LogP contribution in [0, 0.1) is 10.1 Å². The summed E-state index contributed by atoms with van der Waals surface area (Å²) in [7, 11) is 0. The summed E-state index contributed by atoms with van der Waals surface area (Å²) in [5.41, 5.74) is 0.747. The SMILES string of the molecule is CC(C)OC(=O)c1ccc(NC(=O)COC(=O)/C=C/c2ccc([N+](=O)[O-])o2)cc1.